The van der Waals surface area contributed by atoms with Crippen LogP contribution in [0.25, 0.3) is 32.9 Å². The monoisotopic (exact) mass is 368 g/mol. The molecule has 134 valence electrons. The molecule has 5 rings (SSSR count). The predicted molar refractivity (Wildman–Crippen MR) is 118 cm³/mol. The summed E-state index contributed by atoms with van der Waals surface area (Å²) < 4.78 is 0. The maximum absolute atomic E-state index is 5.21. The minimum Gasteiger partial charge on any atom is -0.264 e. The van der Waals surface area contributed by atoms with Crippen LogP contribution in [0.5, 0.6) is 0 Å². The molecular formula is C24H24N2Si. The smallest absolute Gasteiger partial charge is 0.0784 e. The van der Waals surface area contributed by atoms with Gasteiger partial charge in [-0.1, -0.05) is 69.0 Å². The van der Waals surface area contributed by atoms with Crippen LogP contribution in [0.15, 0.2) is 54.9 Å². The molecule has 2 heterocycles. The van der Waals surface area contributed by atoms with Gasteiger partial charge in [-0.3, -0.25) is 4.98 Å². The molecule has 1 aliphatic rings. The van der Waals surface area contributed by atoms with E-state index < -0.39 is 8.07 Å². The first-order valence-corrected chi connectivity index (χ1v) is 13.1. The van der Waals surface area contributed by atoms with E-state index in [0.717, 1.165) is 11.2 Å². The summed E-state index contributed by atoms with van der Waals surface area (Å²) in [6.07, 6.45) is 4.01. The normalized spacial score (nSPS) is 15.1. The van der Waals surface area contributed by atoms with Crippen LogP contribution in [0.4, 0.5) is 0 Å². The molecule has 0 saturated heterocycles. The lowest BCUT2D eigenvalue weighted by atomic mass is 9.70. The number of nitrogens with zero attached hydrogens (tertiary/aromatic N) is 2. The van der Waals surface area contributed by atoms with E-state index in [1.807, 2.05) is 12.4 Å². The predicted octanol–water partition coefficient (Wildman–Crippen LogP) is 5.63. The fourth-order valence-electron chi connectivity index (χ4n) is 4.58. The molecule has 0 spiro atoms. The Morgan fingerprint density at radius 3 is 2.44 bits per heavy atom. The van der Waals surface area contributed by atoms with Crippen LogP contribution >= 0.6 is 0 Å². The van der Waals surface area contributed by atoms with Gasteiger partial charge in [-0.15, -0.1) is 0 Å². The molecule has 3 heteroatoms. The van der Waals surface area contributed by atoms with Crippen LogP contribution in [0.2, 0.25) is 19.6 Å². The summed E-state index contributed by atoms with van der Waals surface area (Å²) in [5, 5.41) is 5.31. The van der Waals surface area contributed by atoms with Gasteiger partial charge in [-0.05, 0) is 34.0 Å². The van der Waals surface area contributed by atoms with Crippen molar-refractivity contribution < 1.29 is 0 Å². The van der Waals surface area contributed by atoms with Crippen molar-refractivity contribution in [3.63, 3.8) is 0 Å². The highest BCUT2D eigenvalue weighted by Crippen LogP contribution is 2.47. The third-order valence-corrected chi connectivity index (χ3v) is 8.10. The SMILES string of the molecule is CC1(C)c2cc3c([Si](C)(C)C)cccc3nc2-c2cccc3cncc1c23. The Kier molecular flexibility index (Phi) is 3.24. The number of benzene rings is 2. The van der Waals surface area contributed by atoms with Gasteiger partial charge in [-0.25, -0.2) is 4.98 Å². The molecular weight excluding hydrogens is 344 g/mol. The number of fused-ring (bicyclic) bond motifs is 3. The maximum atomic E-state index is 5.21. The minimum atomic E-state index is -1.46. The van der Waals surface area contributed by atoms with Crippen LogP contribution in [0.3, 0.4) is 0 Å². The van der Waals surface area contributed by atoms with Crippen molar-refractivity contribution in [1.29, 1.82) is 0 Å². The summed E-state index contributed by atoms with van der Waals surface area (Å²) in [6, 6.07) is 15.5. The van der Waals surface area contributed by atoms with E-state index in [9.17, 15) is 0 Å². The average Bonchev–Trinajstić information content (AvgIpc) is 2.63. The standard InChI is InChI=1S/C24H24N2Si/c1-24(2)18-12-17-20(10-7-11-21(17)27(3,4)5)26-23(18)16-9-6-8-15-13-25-14-19(24)22(15)16/h6-14H,1-5H3. The van der Waals surface area contributed by atoms with Crippen molar-refractivity contribution in [2.45, 2.75) is 38.9 Å². The number of hydrogen-bond donors (Lipinski definition) is 0. The van der Waals surface area contributed by atoms with Crippen molar-refractivity contribution in [3.8, 4) is 11.3 Å². The molecule has 0 amide bonds. The first kappa shape index (κ1) is 16.6. The summed E-state index contributed by atoms with van der Waals surface area (Å²) in [7, 11) is -1.46. The van der Waals surface area contributed by atoms with Gasteiger partial charge in [0.15, 0.2) is 0 Å². The molecule has 0 bridgehead atoms. The first-order chi connectivity index (χ1) is 12.8. The van der Waals surface area contributed by atoms with Gasteiger partial charge < -0.3 is 0 Å². The van der Waals surface area contributed by atoms with E-state index >= 15 is 0 Å². The van der Waals surface area contributed by atoms with Gasteiger partial charge >= 0.3 is 0 Å². The quantitative estimate of drug-likeness (QED) is 0.407. The highest BCUT2D eigenvalue weighted by molar-refractivity contribution is 6.90. The Morgan fingerprint density at radius 1 is 0.889 bits per heavy atom. The Hall–Kier alpha value is -2.52. The summed E-state index contributed by atoms with van der Waals surface area (Å²) in [6.45, 7) is 11.8. The molecule has 2 nitrogen and oxygen atoms in total. The molecule has 0 N–H and O–H groups in total. The average molecular weight is 369 g/mol. The highest BCUT2D eigenvalue weighted by atomic mass is 28.3. The molecule has 0 fully saturated rings. The largest absolute Gasteiger partial charge is 0.264 e. The van der Waals surface area contributed by atoms with Gasteiger partial charge in [-0.2, -0.15) is 0 Å². The lowest BCUT2D eigenvalue weighted by molar-refractivity contribution is 0.640. The van der Waals surface area contributed by atoms with Crippen molar-refractivity contribution >= 4 is 34.9 Å². The Morgan fingerprint density at radius 2 is 1.67 bits per heavy atom. The van der Waals surface area contributed by atoms with Crippen molar-refractivity contribution in [2.24, 2.45) is 0 Å². The molecule has 0 aliphatic heterocycles. The summed E-state index contributed by atoms with van der Waals surface area (Å²) in [5.41, 5.74) is 5.97. The topological polar surface area (TPSA) is 25.8 Å². The van der Waals surface area contributed by atoms with E-state index in [4.69, 9.17) is 4.98 Å². The van der Waals surface area contributed by atoms with Crippen LogP contribution in [0.1, 0.15) is 25.0 Å². The zero-order chi connectivity index (χ0) is 19.0. The highest BCUT2D eigenvalue weighted by Gasteiger charge is 2.35. The number of rotatable bonds is 1. The van der Waals surface area contributed by atoms with E-state index in [0.29, 0.717) is 0 Å². The number of pyridine rings is 2. The fraction of sp³-hybridized carbons (Fsp3) is 0.250. The first-order valence-electron chi connectivity index (χ1n) is 9.61. The Bertz CT molecular complexity index is 1230. The summed E-state index contributed by atoms with van der Waals surface area (Å²) >= 11 is 0. The molecule has 1 aliphatic carbocycles. The summed E-state index contributed by atoms with van der Waals surface area (Å²) in [5.74, 6) is 0. The molecule has 0 saturated carbocycles. The lowest BCUT2D eigenvalue weighted by Crippen LogP contribution is -2.38. The van der Waals surface area contributed by atoms with E-state index in [-0.39, 0.29) is 5.41 Å². The van der Waals surface area contributed by atoms with Gasteiger partial charge in [0.2, 0.25) is 0 Å². The lowest BCUT2D eigenvalue weighted by Gasteiger charge is -2.34. The third-order valence-electron chi connectivity index (χ3n) is 6.05. The number of aromatic nitrogens is 2. The summed E-state index contributed by atoms with van der Waals surface area (Å²) in [4.78, 5) is 9.74. The molecule has 0 atom stereocenters. The van der Waals surface area contributed by atoms with Gasteiger partial charge in [0.05, 0.1) is 19.3 Å². The zero-order valence-electron chi connectivity index (χ0n) is 16.6. The molecule has 0 radical (unpaired) electrons. The third kappa shape index (κ3) is 2.24. The fourth-order valence-corrected chi connectivity index (χ4v) is 6.19. The second-order valence-corrected chi connectivity index (χ2v) is 14.3. The Balaban J connectivity index is 1.96. The minimum absolute atomic E-state index is 0.121. The molecule has 27 heavy (non-hydrogen) atoms. The molecule has 4 aromatic rings. The molecule has 0 unspecified atom stereocenters. The second kappa shape index (κ2) is 5.26. The van der Waals surface area contributed by atoms with E-state index in [1.165, 1.54) is 38.0 Å². The van der Waals surface area contributed by atoms with Crippen molar-refractivity contribution in [3.05, 3.63) is 66.0 Å². The Labute approximate surface area is 161 Å². The van der Waals surface area contributed by atoms with Crippen molar-refractivity contribution in [2.75, 3.05) is 0 Å². The number of hydrogen-bond acceptors (Lipinski definition) is 2. The maximum Gasteiger partial charge on any atom is 0.0784 e. The van der Waals surface area contributed by atoms with Gasteiger partial charge in [0.25, 0.3) is 0 Å². The molecule has 2 aromatic heterocycles. The molecule has 2 aromatic carbocycles. The van der Waals surface area contributed by atoms with Crippen LogP contribution in [-0.2, 0) is 5.41 Å². The van der Waals surface area contributed by atoms with Crippen molar-refractivity contribution in [1.82, 2.24) is 9.97 Å². The van der Waals surface area contributed by atoms with Crippen LogP contribution < -0.4 is 5.19 Å². The van der Waals surface area contributed by atoms with Gasteiger partial charge in [0, 0.05) is 28.8 Å². The van der Waals surface area contributed by atoms with Crippen LogP contribution in [0, 0.1) is 0 Å². The van der Waals surface area contributed by atoms with E-state index in [1.54, 1.807) is 0 Å². The second-order valence-electron chi connectivity index (χ2n) is 9.22. The zero-order valence-corrected chi connectivity index (χ0v) is 17.6. The van der Waals surface area contributed by atoms with E-state index in [2.05, 4.69) is 80.9 Å². The van der Waals surface area contributed by atoms with Crippen LogP contribution in [-0.4, -0.2) is 18.0 Å². The van der Waals surface area contributed by atoms with Gasteiger partial charge in [0.1, 0.15) is 0 Å².